The first kappa shape index (κ1) is 26.8. The van der Waals surface area contributed by atoms with E-state index in [1.54, 1.807) is 24.9 Å². The molecule has 1 saturated carbocycles. The second-order valence-corrected chi connectivity index (χ2v) is 9.40. The molecule has 2 fully saturated rings. The van der Waals surface area contributed by atoms with Gasteiger partial charge in [-0.25, -0.2) is 5.06 Å². The summed E-state index contributed by atoms with van der Waals surface area (Å²) in [5, 5.41) is 13.2. The summed E-state index contributed by atoms with van der Waals surface area (Å²) >= 11 is 0. The van der Waals surface area contributed by atoms with Crippen LogP contribution in [0.25, 0.3) is 0 Å². The number of allylic oxidation sites excluding steroid dienone is 1. The normalized spacial score (nSPS) is 18.7. The van der Waals surface area contributed by atoms with Crippen LogP contribution in [0.15, 0.2) is 11.6 Å². The summed E-state index contributed by atoms with van der Waals surface area (Å²) in [6.45, 7) is 5.90. The van der Waals surface area contributed by atoms with E-state index in [1.807, 2.05) is 11.8 Å². The fraction of sp³-hybridized carbons (Fsp3) is 0.750. The lowest BCUT2D eigenvalue weighted by Gasteiger charge is -2.37. The first-order valence-electron chi connectivity index (χ1n) is 12.1. The average Bonchev–Trinajstić information content (AvgIpc) is 3.33. The molecule has 186 valence electrons. The summed E-state index contributed by atoms with van der Waals surface area (Å²) in [7, 11) is 1.73. The zero-order valence-corrected chi connectivity index (χ0v) is 20.5. The third-order valence-electron chi connectivity index (χ3n) is 7.10. The van der Waals surface area contributed by atoms with E-state index >= 15 is 0 Å². The highest BCUT2D eigenvalue weighted by molar-refractivity contribution is 5.92. The van der Waals surface area contributed by atoms with Crippen molar-refractivity contribution in [3.63, 3.8) is 0 Å². The number of amides is 4. The van der Waals surface area contributed by atoms with Crippen molar-refractivity contribution in [2.75, 3.05) is 33.2 Å². The minimum Gasteiger partial charge on any atom is -0.347 e. The maximum atomic E-state index is 12.8. The number of carbonyl (C=O) groups excluding carboxylic acids is 4. The molecule has 1 aliphatic heterocycles. The van der Waals surface area contributed by atoms with Gasteiger partial charge in [0.05, 0.1) is 19.0 Å². The topological polar surface area (TPSA) is 110 Å². The molecule has 0 aromatic carbocycles. The summed E-state index contributed by atoms with van der Waals surface area (Å²) in [5.41, 5.74) is 0.721. The quantitative estimate of drug-likeness (QED) is 0.308. The lowest BCUT2D eigenvalue weighted by molar-refractivity contribution is -0.167. The smallest absolute Gasteiger partial charge is 0.249 e. The number of piperidine rings is 1. The van der Waals surface area contributed by atoms with Gasteiger partial charge in [0.25, 0.3) is 0 Å². The first-order valence-corrected chi connectivity index (χ1v) is 12.1. The van der Waals surface area contributed by atoms with Crippen molar-refractivity contribution in [2.45, 2.75) is 71.8 Å². The van der Waals surface area contributed by atoms with Gasteiger partial charge in [-0.1, -0.05) is 31.8 Å². The lowest BCUT2D eigenvalue weighted by atomic mass is 9.92. The molecule has 0 spiro atoms. The summed E-state index contributed by atoms with van der Waals surface area (Å²) in [5.74, 6) is -1.13. The van der Waals surface area contributed by atoms with Gasteiger partial charge in [-0.05, 0) is 39.0 Å². The summed E-state index contributed by atoms with van der Waals surface area (Å²) in [6.07, 6.45) is 8.16. The third kappa shape index (κ3) is 7.84. The molecular weight excluding hydrogens is 424 g/mol. The number of hydroxylamine groups is 2. The van der Waals surface area contributed by atoms with Gasteiger partial charge < -0.3 is 15.1 Å². The third-order valence-corrected chi connectivity index (χ3v) is 7.10. The van der Waals surface area contributed by atoms with Crippen LogP contribution < -0.4 is 5.32 Å². The van der Waals surface area contributed by atoms with Crippen molar-refractivity contribution in [2.24, 2.45) is 11.8 Å². The summed E-state index contributed by atoms with van der Waals surface area (Å²) < 4.78 is 0. The Bertz CT molecular complexity index is 739. The van der Waals surface area contributed by atoms with Crippen LogP contribution in [0.4, 0.5) is 0 Å². The molecule has 9 heteroatoms. The number of hydrogen-bond donors (Lipinski definition) is 2. The van der Waals surface area contributed by atoms with Gasteiger partial charge in [-0.15, -0.1) is 0 Å². The molecule has 9 nitrogen and oxygen atoms in total. The van der Waals surface area contributed by atoms with Gasteiger partial charge in [-0.2, -0.15) is 0 Å². The Morgan fingerprint density at radius 1 is 1.09 bits per heavy atom. The van der Waals surface area contributed by atoms with Gasteiger partial charge in [-0.3, -0.25) is 24.4 Å². The molecule has 0 aromatic heterocycles. The zero-order chi connectivity index (χ0) is 24.5. The standard InChI is InChI=1S/C24H40N4O5/c1-5-17(2)24(32)27-12-10-21(11-13-27)26(4)22(30)15-25-23(31)20(16-28(33)18(3)29)14-19-8-6-7-9-19/h5,19-21,33H,6-16H2,1-4H3,(H,25,31)/b17-5+. The number of nitrogens with zero attached hydrogens (tertiary/aromatic N) is 3. The highest BCUT2D eigenvalue weighted by Gasteiger charge is 2.30. The minimum absolute atomic E-state index is 0.0179. The number of likely N-dealkylation sites (tertiary alicyclic amines) is 1. The first-order chi connectivity index (χ1) is 15.6. The van der Waals surface area contributed by atoms with Gasteiger partial charge in [0, 0.05) is 38.7 Å². The molecule has 33 heavy (non-hydrogen) atoms. The molecule has 1 atom stereocenters. The largest absolute Gasteiger partial charge is 0.347 e. The Labute approximate surface area is 197 Å². The molecule has 1 unspecified atom stereocenters. The molecule has 1 heterocycles. The van der Waals surface area contributed by atoms with Crippen molar-refractivity contribution < 1.29 is 24.4 Å². The molecule has 2 N–H and O–H groups in total. The Morgan fingerprint density at radius 3 is 2.24 bits per heavy atom. The van der Waals surface area contributed by atoms with Crippen LogP contribution in [0.3, 0.4) is 0 Å². The molecule has 2 aliphatic rings. The van der Waals surface area contributed by atoms with Gasteiger partial charge >= 0.3 is 0 Å². The number of hydrogen-bond acceptors (Lipinski definition) is 5. The number of nitrogens with one attached hydrogen (secondary N) is 1. The molecule has 0 bridgehead atoms. The summed E-state index contributed by atoms with van der Waals surface area (Å²) in [4.78, 5) is 52.8. The minimum atomic E-state index is -0.552. The Balaban J connectivity index is 1.85. The number of rotatable bonds is 9. The van der Waals surface area contributed by atoms with Gasteiger partial charge in [0.1, 0.15) is 0 Å². The van der Waals surface area contributed by atoms with E-state index in [9.17, 15) is 24.4 Å². The maximum absolute atomic E-state index is 12.8. The van der Waals surface area contributed by atoms with Crippen LogP contribution in [-0.4, -0.2) is 83.0 Å². The van der Waals surface area contributed by atoms with E-state index in [4.69, 9.17) is 0 Å². The monoisotopic (exact) mass is 464 g/mol. The fourth-order valence-corrected chi connectivity index (χ4v) is 4.71. The van der Waals surface area contributed by atoms with Crippen LogP contribution in [0.1, 0.15) is 65.7 Å². The van der Waals surface area contributed by atoms with E-state index in [2.05, 4.69) is 5.32 Å². The number of carbonyl (C=O) groups is 4. The molecular formula is C24H40N4O5. The van der Waals surface area contributed by atoms with E-state index in [0.717, 1.165) is 31.3 Å². The van der Waals surface area contributed by atoms with Gasteiger partial charge in [0.2, 0.25) is 23.6 Å². The SMILES string of the molecule is C/C=C(\C)C(=O)N1CCC(N(C)C(=O)CNC(=O)C(CC2CCCC2)CN(O)C(C)=O)CC1. The lowest BCUT2D eigenvalue weighted by Crippen LogP contribution is -2.50. The average molecular weight is 465 g/mol. The van der Waals surface area contributed by atoms with Crippen molar-refractivity contribution >= 4 is 23.6 Å². The van der Waals surface area contributed by atoms with Gasteiger partial charge in [0.15, 0.2) is 0 Å². The van der Waals surface area contributed by atoms with Crippen molar-refractivity contribution in [3.8, 4) is 0 Å². The van der Waals surface area contributed by atoms with Crippen LogP contribution in [0.5, 0.6) is 0 Å². The second kappa shape index (κ2) is 12.7. The fourth-order valence-electron chi connectivity index (χ4n) is 4.71. The molecule has 1 saturated heterocycles. The van der Waals surface area contributed by atoms with Crippen LogP contribution in [0.2, 0.25) is 0 Å². The maximum Gasteiger partial charge on any atom is 0.249 e. The second-order valence-electron chi connectivity index (χ2n) is 9.40. The Morgan fingerprint density at radius 2 is 1.70 bits per heavy atom. The summed E-state index contributed by atoms with van der Waals surface area (Å²) in [6, 6.07) is 0.0179. The van der Waals surface area contributed by atoms with Crippen molar-refractivity contribution in [3.05, 3.63) is 11.6 Å². The Kier molecular flexibility index (Phi) is 10.3. The molecule has 1 aliphatic carbocycles. The molecule has 2 rings (SSSR count). The molecule has 4 amide bonds. The van der Waals surface area contributed by atoms with Crippen LogP contribution >= 0.6 is 0 Å². The van der Waals surface area contributed by atoms with Crippen LogP contribution in [-0.2, 0) is 19.2 Å². The van der Waals surface area contributed by atoms with E-state index in [-0.39, 0.29) is 36.9 Å². The zero-order valence-electron chi connectivity index (χ0n) is 20.5. The highest BCUT2D eigenvalue weighted by Crippen LogP contribution is 2.30. The predicted octanol–water partition coefficient (Wildman–Crippen LogP) is 1.95. The van der Waals surface area contributed by atoms with Crippen molar-refractivity contribution in [1.29, 1.82) is 0 Å². The predicted molar refractivity (Wildman–Crippen MR) is 124 cm³/mol. The van der Waals surface area contributed by atoms with Crippen LogP contribution in [0, 0.1) is 11.8 Å². The van der Waals surface area contributed by atoms with Crippen molar-refractivity contribution in [1.82, 2.24) is 20.2 Å². The van der Waals surface area contributed by atoms with E-state index in [1.165, 1.54) is 6.92 Å². The van der Waals surface area contributed by atoms with E-state index in [0.29, 0.717) is 43.3 Å². The Hall–Kier alpha value is -2.42. The molecule has 0 radical (unpaired) electrons. The molecule has 0 aromatic rings. The van der Waals surface area contributed by atoms with E-state index < -0.39 is 11.8 Å². The highest BCUT2D eigenvalue weighted by atomic mass is 16.5. The number of likely N-dealkylation sites (N-methyl/N-ethyl adjacent to an activating group) is 1.